The van der Waals surface area contributed by atoms with Gasteiger partial charge in [0.15, 0.2) is 0 Å². The highest BCUT2D eigenvalue weighted by molar-refractivity contribution is 5.94. The van der Waals surface area contributed by atoms with Crippen molar-refractivity contribution in [3.63, 3.8) is 0 Å². The number of amides is 1. The lowest BCUT2D eigenvalue weighted by atomic mass is 10.1. The Bertz CT molecular complexity index is 516. The van der Waals surface area contributed by atoms with E-state index in [1.54, 1.807) is 18.5 Å². The van der Waals surface area contributed by atoms with E-state index in [2.05, 4.69) is 23.7 Å². The smallest absolute Gasteiger partial charge is 0.255 e. The van der Waals surface area contributed by atoms with E-state index in [0.29, 0.717) is 18.2 Å². The summed E-state index contributed by atoms with van der Waals surface area (Å²) in [5, 5.41) is 0. The summed E-state index contributed by atoms with van der Waals surface area (Å²) in [6.07, 6.45) is 6.46. The maximum absolute atomic E-state index is 12.5. The van der Waals surface area contributed by atoms with Crippen LogP contribution in [0.3, 0.4) is 0 Å². The van der Waals surface area contributed by atoms with Crippen molar-refractivity contribution in [3.05, 3.63) is 29.6 Å². The molecule has 4 nitrogen and oxygen atoms in total. The Labute approximate surface area is 114 Å². The molecule has 1 aromatic heterocycles. The average molecular weight is 257 g/mol. The quantitative estimate of drug-likeness (QED) is 0.815. The van der Waals surface area contributed by atoms with Crippen LogP contribution in [-0.2, 0) is 0 Å². The fraction of sp³-hybridized carbons (Fsp3) is 0.467. The largest absolute Gasteiger partial charge is 0.336 e. The Kier molecular flexibility index (Phi) is 4.53. The summed E-state index contributed by atoms with van der Waals surface area (Å²) in [6.45, 7) is 3.27. The number of carbonyl (C=O) groups excluding carboxylic acids is 1. The molecule has 1 aliphatic heterocycles. The number of carbonyl (C=O) groups is 1. The first-order chi connectivity index (χ1) is 9.26. The van der Waals surface area contributed by atoms with Gasteiger partial charge >= 0.3 is 0 Å². The number of nitrogens with two attached hydrogens (primary N) is 1. The Morgan fingerprint density at radius 2 is 2.42 bits per heavy atom. The average Bonchev–Trinajstić information content (AvgIpc) is 2.93. The van der Waals surface area contributed by atoms with E-state index in [4.69, 9.17) is 5.73 Å². The molecule has 4 heteroatoms. The van der Waals surface area contributed by atoms with Gasteiger partial charge in [0.25, 0.3) is 5.91 Å². The molecule has 19 heavy (non-hydrogen) atoms. The third-order valence-corrected chi connectivity index (χ3v) is 3.43. The van der Waals surface area contributed by atoms with Gasteiger partial charge in [0.05, 0.1) is 12.1 Å². The number of nitrogens with zero attached hydrogens (tertiary/aromatic N) is 2. The van der Waals surface area contributed by atoms with Gasteiger partial charge in [-0.2, -0.15) is 0 Å². The predicted octanol–water partition coefficient (Wildman–Crippen LogP) is 1.41. The molecule has 0 radical (unpaired) electrons. The second-order valence-corrected chi connectivity index (χ2v) is 4.67. The summed E-state index contributed by atoms with van der Waals surface area (Å²) in [6, 6.07) is 2.16. The first-order valence-electron chi connectivity index (χ1n) is 6.71. The van der Waals surface area contributed by atoms with Crippen LogP contribution >= 0.6 is 0 Å². The maximum Gasteiger partial charge on any atom is 0.255 e. The lowest BCUT2D eigenvalue weighted by Gasteiger charge is -2.23. The number of aromatic nitrogens is 1. The highest BCUT2D eigenvalue weighted by Gasteiger charge is 2.28. The summed E-state index contributed by atoms with van der Waals surface area (Å²) < 4.78 is 0. The van der Waals surface area contributed by atoms with Crippen molar-refractivity contribution in [3.8, 4) is 11.8 Å². The van der Waals surface area contributed by atoms with Gasteiger partial charge in [-0.25, -0.2) is 0 Å². The van der Waals surface area contributed by atoms with E-state index in [1.807, 2.05) is 4.90 Å². The monoisotopic (exact) mass is 257 g/mol. The standard InChI is InChI=1S/C15H19N3O/c1-2-14-6-4-8-18(14)15(19)13-9-12(5-3-7-16)10-17-11-13/h9-11,14H,2,4,6-8,16H2,1H3. The number of hydrogen-bond donors (Lipinski definition) is 1. The number of pyridine rings is 1. The van der Waals surface area contributed by atoms with Crippen molar-refractivity contribution in [2.45, 2.75) is 32.2 Å². The molecular formula is C15H19N3O. The molecule has 1 fully saturated rings. The minimum atomic E-state index is 0.0632. The van der Waals surface area contributed by atoms with Crippen molar-refractivity contribution in [2.75, 3.05) is 13.1 Å². The normalized spacial score (nSPS) is 18.0. The Hall–Kier alpha value is -1.86. The zero-order valence-corrected chi connectivity index (χ0v) is 11.2. The van der Waals surface area contributed by atoms with Gasteiger partial charge in [-0.3, -0.25) is 9.78 Å². The fourth-order valence-electron chi connectivity index (χ4n) is 2.47. The molecule has 1 aliphatic rings. The van der Waals surface area contributed by atoms with Crippen LogP contribution in [0.4, 0.5) is 0 Å². The van der Waals surface area contributed by atoms with Crippen LogP contribution in [0.1, 0.15) is 42.1 Å². The highest BCUT2D eigenvalue weighted by Crippen LogP contribution is 2.22. The van der Waals surface area contributed by atoms with Crippen LogP contribution in [-0.4, -0.2) is 34.9 Å². The summed E-state index contributed by atoms with van der Waals surface area (Å²) in [5.74, 6) is 5.74. The van der Waals surface area contributed by atoms with Gasteiger partial charge < -0.3 is 10.6 Å². The molecule has 1 aromatic rings. The third kappa shape index (κ3) is 3.12. The van der Waals surface area contributed by atoms with Gasteiger partial charge in [0.2, 0.25) is 0 Å². The fourth-order valence-corrected chi connectivity index (χ4v) is 2.47. The summed E-state index contributed by atoms with van der Waals surface area (Å²) >= 11 is 0. The van der Waals surface area contributed by atoms with Crippen molar-refractivity contribution in [2.24, 2.45) is 5.73 Å². The SMILES string of the molecule is CCC1CCCN1C(=O)c1cncc(C#CCN)c1. The van der Waals surface area contributed by atoms with Crippen LogP contribution in [0, 0.1) is 11.8 Å². The molecule has 1 atom stereocenters. The van der Waals surface area contributed by atoms with Gasteiger partial charge in [-0.1, -0.05) is 18.8 Å². The molecule has 2 heterocycles. The Morgan fingerprint density at radius 3 is 3.16 bits per heavy atom. The Morgan fingerprint density at radius 1 is 1.58 bits per heavy atom. The molecule has 0 spiro atoms. The molecule has 1 saturated heterocycles. The van der Waals surface area contributed by atoms with Crippen LogP contribution in [0.25, 0.3) is 0 Å². The van der Waals surface area contributed by atoms with E-state index in [1.165, 1.54) is 0 Å². The maximum atomic E-state index is 12.5. The second-order valence-electron chi connectivity index (χ2n) is 4.67. The van der Waals surface area contributed by atoms with Crippen molar-refractivity contribution >= 4 is 5.91 Å². The summed E-state index contributed by atoms with van der Waals surface area (Å²) in [7, 11) is 0. The molecule has 100 valence electrons. The van der Waals surface area contributed by atoms with Crippen LogP contribution in [0.2, 0.25) is 0 Å². The zero-order valence-electron chi connectivity index (χ0n) is 11.2. The van der Waals surface area contributed by atoms with Crippen molar-refractivity contribution < 1.29 is 4.79 Å². The van der Waals surface area contributed by atoms with E-state index >= 15 is 0 Å². The predicted molar refractivity (Wildman–Crippen MR) is 74.5 cm³/mol. The van der Waals surface area contributed by atoms with Gasteiger partial charge in [0, 0.05) is 30.5 Å². The highest BCUT2D eigenvalue weighted by atomic mass is 16.2. The molecule has 1 amide bonds. The lowest BCUT2D eigenvalue weighted by Crippen LogP contribution is -2.35. The van der Waals surface area contributed by atoms with Crippen molar-refractivity contribution in [1.29, 1.82) is 0 Å². The second kappa shape index (κ2) is 6.35. The zero-order chi connectivity index (χ0) is 13.7. The first-order valence-corrected chi connectivity index (χ1v) is 6.71. The van der Waals surface area contributed by atoms with Crippen LogP contribution in [0.5, 0.6) is 0 Å². The number of rotatable bonds is 2. The summed E-state index contributed by atoms with van der Waals surface area (Å²) in [5.41, 5.74) is 6.70. The van der Waals surface area contributed by atoms with Gasteiger partial charge in [-0.05, 0) is 25.3 Å². The van der Waals surface area contributed by atoms with Crippen LogP contribution < -0.4 is 5.73 Å². The van der Waals surface area contributed by atoms with Gasteiger partial charge in [-0.15, -0.1) is 0 Å². The molecule has 0 aliphatic carbocycles. The third-order valence-electron chi connectivity index (χ3n) is 3.43. The molecule has 0 aromatic carbocycles. The van der Waals surface area contributed by atoms with Gasteiger partial charge in [0.1, 0.15) is 0 Å². The topological polar surface area (TPSA) is 59.2 Å². The van der Waals surface area contributed by atoms with E-state index in [0.717, 1.165) is 31.4 Å². The molecule has 1 unspecified atom stereocenters. The van der Waals surface area contributed by atoms with E-state index in [9.17, 15) is 4.79 Å². The number of likely N-dealkylation sites (tertiary alicyclic amines) is 1. The minimum absolute atomic E-state index is 0.0632. The first kappa shape index (κ1) is 13.6. The minimum Gasteiger partial charge on any atom is -0.336 e. The van der Waals surface area contributed by atoms with E-state index in [-0.39, 0.29) is 5.91 Å². The molecule has 2 rings (SSSR count). The molecule has 0 saturated carbocycles. The molecule has 0 bridgehead atoms. The summed E-state index contributed by atoms with van der Waals surface area (Å²) in [4.78, 5) is 18.5. The van der Waals surface area contributed by atoms with Crippen molar-refractivity contribution in [1.82, 2.24) is 9.88 Å². The Balaban J connectivity index is 2.19. The molecule has 2 N–H and O–H groups in total. The van der Waals surface area contributed by atoms with Crippen LogP contribution in [0.15, 0.2) is 18.5 Å². The van der Waals surface area contributed by atoms with E-state index < -0.39 is 0 Å². The molecular weight excluding hydrogens is 238 g/mol. The number of hydrogen-bond acceptors (Lipinski definition) is 3. The lowest BCUT2D eigenvalue weighted by molar-refractivity contribution is 0.0733.